The van der Waals surface area contributed by atoms with Gasteiger partial charge in [0, 0.05) is 12.7 Å². The van der Waals surface area contributed by atoms with Crippen molar-refractivity contribution in [2.75, 3.05) is 7.11 Å². The highest BCUT2D eigenvalue weighted by molar-refractivity contribution is 5.78. The molecule has 4 aromatic rings. The molecule has 0 amide bonds. The van der Waals surface area contributed by atoms with E-state index in [1.165, 1.54) is 0 Å². The van der Waals surface area contributed by atoms with Crippen LogP contribution in [0, 0.1) is 0 Å². The second kappa shape index (κ2) is 6.83. The first kappa shape index (κ1) is 15.5. The zero-order chi connectivity index (χ0) is 17.1. The predicted molar refractivity (Wildman–Crippen MR) is 100 cm³/mol. The van der Waals surface area contributed by atoms with Gasteiger partial charge in [0.2, 0.25) is 0 Å². The Balaban J connectivity index is 1.97. The second-order valence-corrected chi connectivity index (χ2v) is 5.84. The summed E-state index contributed by atoms with van der Waals surface area (Å²) in [6, 6.07) is 28.2. The molecule has 0 aliphatic rings. The van der Waals surface area contributed by atoms with E-state index in [1.807, 2.05) is 60.7 Å². The zero-order valence-corrected chi connectivity index (χ0v) is 14.0. The van der Waals surface area contributed by atoms with Crippen LogP contribution in [0.4, 0.5) is 0 Å². The fourth-order valence-electron chi connectivity index (χ4n) is 3.04. The molecule has 0 spiro atoms. The van der Waals surface area contributed by atoms with Gasteiger partial charge in [-0.3, -0.25) is 0 Å². The first-order chi connectivity index (χ1) is 12.4. The molecule has 3 heteroatoms. The van der Waals surface area contributed by atoms with Gasteiger partial charge in [0.15, 0.2) is 0 Å². The van der Waals surface area contributed by atoms with Crippen molar-refractivity contribution in [2.45, 2.75) is 6.10 Å². The number of ether oxygens (including phenoxy) is 1. The molecule has 1 aromatic heterocycles. The third-order valence-electron chi connectivity index (χ3n) is 4.23. The number of hydrogen-bond acceptors (Lipinski definition) is 3. The van der Waals surface area contributed by atoms with Crippen LogP contribution in [0.15, 0.2) is 84.9 Å². The summed E-state index contributed by atoms with van der Waals surface area (Å²) in [5.74, 6) is 0. The Bertz CT molecular complexity index is 984. The number of hydrogen-bond donors (Lipinski definition) is 0. The lowest BCUT2D eigenvalue weighted by Crippen LogP contribution is -2.09. The third-order valence-corrected chi connectivity index (χ3v) is 4.23. The van der Waals surface area contributed by atoms with E-state index < -0.39 is 0 Å². The molecule has 4 rings (SSSR count). The monoisotopic (exact) mass is 326 g/mol. The smallest absolute Gasteiger partial charge is 0.126 e. The topological polar surface area (TPSA) is 35.0 Å². The molecule has 25 heavy (non-hydrogen) atoms. The van der Waals surface area contributed by atoms with E-state index in [9.17, 15) is 0 Å². The average Bonchev–Trinajstić information content (AvgIpc) is 2.69. The van der Waals surface area contributed by atoms with E-state index in [0.717, 1.165) is 33.5 Å². The number of fused-ring (bicyclic) bond motifs is 1. The van der Waals surface area contributed by atoms with Crippen molar-refractivity contribution in [1.82, 2.24) is 9.97 Å². The lowest BCUT2D eigenvalue weighted by atomic mass is 10.0. The fourth-order valence-corrected chi connectivity index (χ4v) is 3.04. The molecule has 0 aliphatic carbocycles. The third kappa shape index (κ3) is 3.02. The summed E-state index contributed by atoms with van der Waals surface area (Å²) in [5, 5.41) is 0. The number of benzene rings is 3. The largest absolute Gasteiger partial charge is 0.370 e. The molecular formula is C22H18N2O. The summed E-state index contributed by atoms with van der Waals surface area (Å²) in [7, 11) is 1.71. The number of methoxy groups -OCH3 is 1. The van der Waals surface area contributed by atoms with Gasteiger partial charge >= 0.3 is 0 Å². The zero-order valence-electron chi connectivity index (χ0n) is 14.0. The van der Waals surface area contributed by atoms with E-state index in [1.54, 1.807) is 7.11 Å². The Morgan fingerprint density at radius 2 is 1.24 bits per heavy atom. The molecule has 0 fully saturated rings. The highest BCUT2D eigenvalue weighted by Gasteiger charge is 2.21. The van der Waals surface area contributed by atoms with Gasteiger partial charge in [-0.05, 0) is 17.7 Å². The Hall–Kier alpha value is -3.04. The normalized spacial score (nSPS) is 12.2. The minimum absolute atomic E-state index is 0.270. The SMILES string of the molecule is COC(c1ccccc1)c1nc2ccccc2nc1-c1ccccc1. The maximum absolute atomic E-state index is 5.83. The lowest BCUT2D eigenvalue weighted by molar-refractivity contribution is 0.133. The minimum atomic E-state index is -0.270. The summed E-state index contributed by atoms with van der Waals surface area (Å²) in [5.41, 5.74) is 5.54. The predicted octanol–water partition coefficient (Wildman–Crippen LogP) is 5.03. The molecule has 0 saturated carbocycles. The van der Waals surface area contributed by atoms with Crippen molar-refractivity contribution in [3.8, 4) is 11.3 Å². The Kier molecular flexibility index (Phi) is 4.23. The molecule has 3 aromatic carbocycles. The van der Waals surface area contributed by atoms with Gasteiger partial charge in [-0.1, -0.05) is 72.8 Å². The highest BCUT2D eigenvalue weighted by atomic mass is 16.5. The highest BCUT2D eigenvalue weighted by Crippen LogP contribution is 2.32. The number of para-hydroxylation sites is 2. The van der Waals surface area contributed by atoms with E-state index >= 15 is 0 Å². The molecule has 122 valence electrons. The van der Waals surface area contributed by atoms with Crippen molar-refractivity contribution >= 4 is 11.0 Å². The Labute approximate surface area is 147 Å². The fraction of sp³-hybridized carbons (Fsp3) is 0.0909. The van der Waals surface area contributed by atoms with Crippen molar-refractivity contribution in [2.24, 2.45) is 0 Å². The quantitative estimate of drug-likeness (QED) is 0.527. The van der Waals surface area contributed by atoms with Crippen LogP contribution in [-0.2, 0) is 4.74 Å². The Morgan fingerprint density at radius 1 is 0.680 bits per heavy atom. The molecule has 0 aliphatic heterocycles. The van der Waals surface area contributed by atoms with Gasteiger partial charge < -0.3 is 4.74 Å². The summed E-state index contributed by atoms with van der Waals surface area (Å²) in [6.07, 6.45) is -0.270. The van der Waals surface area contributed by atoms with Crippen LogP contribution in [0.1, 0.15) is 17.4 Å². The molecule has 1 heterocycles. The molecule has 0 saturated heterocycles. The van der Waals surface area contributed by atoms with Crippen LogP contribution in [-0.4, -0.2) is 17.1 Å². The van der Waals surface area contributed by atoms with Crippen LogP contribution in [0.2, 0.25) is 0 Å². The van der Waals surface area contributed by atoms with Crippen molar-refractivity contribution in [3.63, 3.8) is 0 Å². The standard InChI is InChI=1S/C22H18N2O/c1-25-22(17-12-6-3-7-13-17)21-20(16-10-4-2-5-11-16)23-18-14-8-9-15-19(18)24-21/h2-15,22H,1H3. The Morgan fingerprint density at radius 3 is 1.88 bits per heavy atom. The average molecular weight is 326 g/mol. The van der Waals surface area contributed by atoms with Crippen LogP contribution < -0.4 is 0 Å². The van der Waals surface area contributed by atoms with Crippen molar-refractivity contribution < 1.29 is 4.74 Å². The van der Waals surface area contributed by atoms with Crippen LogP contribution in [0.3, 0.4) is 0 Å². The summed E-state index contributed by atoms with van der Waals surface area (Å²) in [6.45, 7) is 0. The molecule has 0 bridgehead atoms. The van der Waals surface area contributed by atoms with Crippen molar-refractivity contribution in [1.29, 1.82) is 0 Å². The van der Waals surface area contributed by atoms with E-state index in [2.05, 4.69) is 24.3 Å². The van der Waals surface area contributed by atoms with Gasteiger partial charge in [0.25, 0.3) is 0 Å². The molecule has 0 radical (unpaired) electrons. The van der Waals surface area contributed by atoms with E-state index in [-0.39, 0.29) is 6.10 Å². The second-order valence-electron chi connectivity index (χ2n) is 5.84. The van der Waals surface area contributed by atoms with Gasteiger partial charge in [0.05, 0.1) is 16.7 Å². The first-order valence-electron chi connectivity index (χ1n) is 8.26. The number of rotatable bonds is 4. The maximum atomic E-state index is 5.83. The summed E-state index contributed by atoms with van der Waals surface area (Å²) < 4.78 is 5.83. The van der Waals surface area contributed by atoms with Crippen LogP contribution >= 0.6 is 0 Å². The number of nitrogens with zero attached hydrogens (tertiary/aromatic N) is 2. The molecule has 1 atom stereocenters. The maximum Gasteiger partial charge on any atom is 0.126 e. The molecule has 0 N–H and O–H groups in total. The van der Waals surface area contributed by atoms with Gasteiger partial charge in [0.1, 0.15) is 11.8 Å². The van der Waals surface area contributed by atoms with Crippen molar-refractivity contribution in [3.05, 3.63) is 96.2 Å². The molecule has 1 unspecified atom stereocenters. The summed E-state index contributed by atoms with van der Waals surface area (Å²) in [4.78, 5) is 9.81. The first-order valence-corrected chi connectivity index (χ1v) is 8.26. The lowest BCUT2D eigenvalue weighted by Gasteiger charge is -2.19. The van der Waals surface area contributed by atoms with E-state index in [4.69, 9.17) is 14.7 Å². The molecular weight excluding hydrogens is 308 g/mol. The number of aromatic nitrogens is 2. The minimum Gasteiger partial charge on any atom is -0.370 e. The van der Waals surface area contributed by atoms with Gasteiger partial charge in [-0.25, -0.2) is 9.97 Å². The molecule has 3 nitrogen and oxygen atoms in total. The van der Waals surface area contributed by atoms with Crippen LogP contribution in [0.5, 0.6) is 0 Å². The van der Waals surface area contributed by atoms with Crippen LogP contribution in [0.25, 0.3) is 22.3 Å². The summed E-state index contributed by atoms with van der Waals surface area (Å²) >= 11 is 0. The van der Waals surface area contributed by atoms with Gasteiger partial charge in [-0.15, -0.1) is 0 Å². The van der Waals surface area contributed by atoms with E-state index in [0.29, 0.717) is 0 Å². The van der Waals surface area contributed by atoms with Gasteiger partial charge in [-0.2, -0.15) is 0 Å².